The molecule has 0 aliphatic carbocycles. The van der Waals surface area contributed by atoms with Crippen LogP contribution in [0.2, 0.25) is 0 Å². The van der Waals surface area contributed by atoms with E-state index in [2.05, 4.69) is 20.9 Å². The monoisotopic (exact) mass is 336 g/mol. The fraction of sp³-hybridized carbons (Fsp3) is 0.0769. The van der Waals surface area contributed by atoms with Crippen molar-refractivity contribution in [3.05, 3.63) is 46.0 Å². The van der Waals surface area contributed by atoms with Gasteiger partial charge in [0.15, 0.2) is 0 Å². The molecule has 0 aliphatic heterocycles. The average Bonchev–Trinajstić information content (AvgIpc) is 2.96. The Balaban J connectivity index is 2.32. The van der Waals surface area contributed by atoms with Gasteiger partial charge in [0.2, 0.25) is 0 Å². The van der Waals surface area contributed by atoms with E-state index in [9.17, 15) is 4.79 Å². The van der Waals surface area contributed by atoms with Crippen molar-refractivity contribution in [3.63, 3.8) is 0 Å². The molecule has 0 saturated heterocycles. The lowest BCUT2D eigenvalue weighted by atomic mass is 10.2. The number of pyridine rings is 1. The molecule has 19 heavy (non-hydrogen) atoms. The van der Waals surface area contributed by atoms with Crippen molar-refractivity contribution in [2.24, 2.45) is 0 Å². The highest BCUT2D eigenvalue weighted by molar-refractivity contribution is 9.10. The van der Waals surface area contributed by atoms with Crippen molar-refractivity contribution in [3.8, 4) is 10.6 Å². The highest BCUT2D eigenvalue weighted by atomic mass is 79.9. The number of rotatable bonds is 3. The van der Waals surface area contributed by atoms with Crippen molar-refractivity contribution in [1.82, 2.24) is 9.38 Å². The minimum Gasteiger partial charge on any atom is -0.481 e. The van der Waals surface area contributed by atoms with Crippen LogP contribution in [0.1, 0.15) is 5.69 Å². The van der Waals surface area contributed by atoms with Crippen LogP contribution < -0.4 is 0 Å². The Bertz CT molecular complexity index is 749. The Labute approximate surface area is 121 Å². The van der Waals surface area contributed by atoms with E-state index in [1.165, 1.54) is 0 Å². The highest BCUT2D eigenvalue weighted by Gasteiger charge is 2.18. The topological polar surface area (TPSA) is 54.6 Å². The number of fused-ring (bicyclic) bond motifs is 1. The maximum Gasteiger partial charge on any atom is 0.309 e. The van der Waals surface area contributed by atoms with Crippen molar-refractivity contribution in [2.45, 2.75) is 6.42 Å². The number of thiophene rings is 1. The molecule has 0 saturated carbocycles. The Morgan fingerprint density at radius 1 is 1.37 bits per heavy atom. The summed E-state index contributed by atoms with van der Waals surface area (Å²) in [5, 5.41) is 11.1. The maximum atomic E-state index is 11.1. The molecule has 3 aromatic rings. The molecular formula is C13H9BrN2O2S. The molecule has 0 bridgehead atoms. The number of carboxylic acid groups (broad SMARTS) is 1. The van der Waals surface area contributed by atoms with Gasteiger partial charge in [0.25, 0.3) is 0 Å². The number of carbonyl (C=O) groups is 1. The fourth-order valence-corrected chi connectivity index (χ4v) is 3.31. The van der Waals surface area contributed by atoms with Crippen LogP contribution in [0, 0.1) is 0 Å². The molecule has 0 fully saturated rings. The molecule has 0 amide bonds. The number of halogens is 1. The van der Waals surface area contributed by atoms with Crippen molar-refractivity contribution >= 4 is 38.9 Å². The second kappa shape index (κ2) is 4.79. The van der Waals surface area contributed by atoms with Crippen LogP contribution in [-0.2, 0) is 11.2 Å². The van der Waals surface area contributed by atoms with Crippen LogP contribution >= 0.6 is 27.3 Å². The number of carboxylic acids is 1. The predicted octanol–water partition coefficient (Wildman–Crippen LogP) is 3.45. The zero-order valence-electron chi connectivity index (χ0n) is 9.71. The summed E-state index contributed by atoms with van der Waals surface area (Å²) in [6, 6.07) is 9.51. The largest absolute Gasteiger partial charge is 0.481 e. The average molecular weight is 337 g/mol. The summed E-state index contributed by atoms with van der Waals surface area (Å²) < 4.78 is 2.64. The van der Waals surface area contributed by atoms with Gasteiger partial charge in [0.05, 0.1) is 21.6 Å². The zero-order chi connectivity index (χ0) is 13.4. The number of aromatic nitrogens is 2. The summed E-state index contributed by atoms with van der Waals surface area (Å²) in [6.07, 6.45) is -0.0585. The smallest absolute Gasteiger partial charge is 0.309 e. The molecule has 3 heterocycles. The standard InChI is InChI=1S/C13H9BrN2O2S/c14-10-4-1-5-11-15-13(9-3-2-6-19-9)8(16(10)11)7-12(17)18/h1-6H,7H2,(H,17,18). The van der Waals surface area contributed by atoms with E-state index in [4.69, 9.17) is 5.11 Å². The highest BCUT2D eigenvalue weighted by Crippen LogP contribution is 2.30. The van der Waals surface area contributed by atoms with Crippen LogP contribution in [-0.4, -0.2) is 20.5 Å². The number of nitrogens with zero attached hydrogens (tertiary/aromatic N) is 2. The van der Waals surface area contributed by atoms with E-state index in [1.807, 2.05) is 40.1 Å². The van der Waals surface area contributed by atoms with Gasteiger partial charge in [-0.05, 0) is 39.5 Å². The third-order valence-corrected chi connectivity index (χ3v) is 4.26. The lowest BCUT2D eigenvalue weighted by Gasteiger charge is -2.03. The van der Waals surface area contributed by atoms with Crippen molar-refractivity contribution in [2.75, 3.05) is 0 Å². The second-order valence-corrected chi connectivity index (χ2v) is 5.76. The van der Waals surface area contributed by atoms with Gasteiger partial charge >= 0.3 is 5.97 Å². The summed E-state index contributed by atoms with van der Waals surface area (Å²) in [5.74, 6) is -0.865. The lowest BCUT2D eigenvalue weighted by molar-refractivity contribution is -0.136. The van der Waals surface area contributed by atoms with Gasteiger partial charge < -0.3 is 5.11 Å². The summed E-state index contributed by atoms with van der Waals surface area (Å²) in [4.78, 5) is 16.6. The first-order valence-electron chi connectivity index (χ1n) is 5.58. The molecule has 6 heteroatoms. The molecule has 0 aromatic carbocycles. The first-order valence-corrected chi connectivity index (χ1v) is 7.25. The van der Waals surface area contributed by atoms with Gasteiger partial charge in [-0.3, -0.25) is 9.20 Å². The summed E-state index contributed by atoms with van der Waals surface area (Å²) in [6.45, 7) is 0. The van der Waals surface area contributed by atoms with Crippen LogP contribution in [0.25, 0.3) is 16.2 Å². The van der Waals surface area contributed by atoms with Gasteiger partial charge in [-0.25, -0.2) is 4.98 Å². The van der Waals surface area contributed by atoms with Gasteiger partial charge in [-0.2, -0.15) is 0 Å². The van der Waals surface area contributed by atoms with Gasteiger partial charge in [-0.1, -0.05) is 12.1 Å². The third-order valence-electron chi connectivity index (χ3n) is 2.76. The van der Waals surface area contributed by atoms with Crippen LogP contribution in [0.5, 0.6) is 0 Å². The molecule has 3 rings (SSSR count). The normalized spacial score (nSPS) is 11.0. The quantitative estimate of drug-likeness (QED) is 0.745. The summed E-state index contributed by atoms with van der Waals surface area (Å²) in [7, 11) is 0. The Morgan fingerprint density at radius 3 is 2.89 bits per heavy atom. The third kappa shape index (κ3) is 2.17. The zero-order valence-corrected chi connectivity index (χ0v) is 12.1. The number of hydrogen-bond donors (Lipinski definition) is 1. The molecule has 1 N–H and O–H groups in total. The number of aliphatic carboxylic acids is 1. The maximum absolute atomic E-state index is 11.1. The van der Waals surface area contributed by atoms with Gasteiger partial charge in [0, 0.05) is 0 Å². The van der Waals surface area contributed by atoms with Crippen molar-refractivity contribution in [1.29, 1.82) is 0 Å². The van der Waals surface area contributed by atoms with E-state index in [0.717, 1.165) is 20.8 Å². The van der Waals surface area contributed by atoms with E-state index in [-0.39, 0.29) is 6.42 Å². The SMILES string of the molecule is O=C(O)Cc1c(-c2cccs2)nc2cccc(Br)n12. The molecule has 0 spiro atoms. The molecule has 3 aromatic heterocycles. The first kappa shape index (κ1) is 12.4. The first-order chi connectivity index (χ1) is 9.16. The number of imidazole rings is 1. The minimum atomic E-state index is -0.865. The van der Waals surface area contributed by atoms with Gasteiger partial charge in [-0.15, -0.1) is 11.3 Å². The fourth-order valence-electron chi connectivity index (χ4n) is 2.03. The van der Waals surface area contributed by atoms with Gasteiger partial charge in [0.1, 0.15) is 11.3 Å². The Kier molecular flexibility index (Phi) is 3.12. The Hall–Kier alpha value is -1.66. The van der Waals surface area contributed by atoms with E-state index in [1.54, 1.807) is 11.3 Å². The van der Waals surface area contributed by atoms with Crippen LogP contribution in [0.3, 0.4) is 0 Å². The van der Waals surface area contributed by atoms with E-state index in [0.29, 0.717) is 5.69 Å². The molecule has 4 nitrogen and oxygen atoms in total. The minimum absolute atomic E-state index is 0.0585. The summed E-state index contributed by atoms with van der Waals surface area (Å²) >= 11 is 5.00. The molecular weight excluding hydrogens is 328 g/mol. The Morgan fingerprint density at radius 2 is 2.21 bits per heavy atom. The van der Waals surface area contributed by atoms with Crippen LogP contribution in [0.4, 0.5) is 0 Å². The molecule has 0 radical (unpaired) electrons. The van der Waals surface area contributed by atoms with Crippen LogP contribution in [0.15, 0.2) is 40.3 Å². The summed E-state index contributed by atoms with van der Waals surface area (Å²) in [5.41, 5.74) is 2.18. The predicted molar refractivity (Wildman–Crippen MR) is 77.5 cm³/mol. The molecule has 0 atom stereocenters. The molecule has 0 unspecified atom stereocenters. The van der Waals surface area contributed by atoms with E-state index >= 15 is 0 Å². The van der Waals surface area contributed by atoms with Crippen molar-refractivity contribution < 1.29 is 9.90 Å². The molecule has 96 valence electrons. The number of hydrogen-bond acceptors (Lipinski definition) is 3. The lowest BCUT2D eigenvalue weighted by Crippen LogP contribution is -2.05. The second-order valence-electron chi connectivity index (χ2n) is 4.00. The molecule has 0 aliphatic rings. The van der Waals surface area contributed by atoms with E-state index < -0.39 is 5.97 Å².